The lowest BCUT2D eigenvalue weighted by molar-refractivity contribution is -0.137. The van der Waals surface area contributed by atoms with E-state index in [0.717, 1.165) is 17.1 Å². The van der Waals surface area contributed by atoms with Gasteiger partial charge in [-0.15, -0.1) is 0 Å². The molecule has 1 aromatic carbocycles. The van der Waals surface area contributed by atoms with Crippen molar-refractivity contribution in [3.05, 3.63) is 35.5 Å². The molecule has 0 amide bonds. The molecule has 5 heteroatoms. The van der Waals surface area contributed by atoms with Gasteiger partial charge in [-0.1, -0.05) is 0 Å². The maximum absolute atomic E-state index is 12.9. The van der Waals surface area contributed by atoms with E-state index < -0.39 is 17.3 Å². The van der Waals surface area contributed by atoms with Gasteiger partial charge in [0.1, 0.15) is 0 Å². The van der Waals surface area contributed by atoms with Gasteiger partial charge in [0.15, 0.2) is 0 Å². The van der Waals surface area contributed by atoms with Gasteiger partial charge >= 0.3 is 6.18 Å². The Morgan fingerprint density at radius 3 is 2.20 bits per heavy atom. The zero-order valence-corrected chi connectivity index (χ0v) is 12.0. The predicted octanol–water partition coefficient (Wildman–Crippen LogP) is 4.43. The number of alkyl halides is 3. The molecule has 0 aliphatic carbocycles. The quantitative estimate of drug-likeness (QED) is 0.868. The molecule has 1 heterocycles. The molecule has 0 aliphatic heterocycles. The van der Waals surface area contributed by atoms with Crippen LogP contribution in [0, 0.1) is 0 Å². The van der Waals surface area contributed by atoms with Gasteiger partial charge in [-0.3, -0.25) is 0 Å². The molecule has 0 fully saturated rings. The topological polar surface area (TPSA) is 30.9 Å². The van der Waals surface area contributed by atoms with Gasteiger partial charge in [0.25, 0.3) is 0 Å². The normalized spacial score (nSPS) is 13.4. The van der Waals surface area contributed by atoms with E-state index in [4.69, 9.17) is 5.73 Å². The van der Waals surface area contributed by atoms with E-state index in [1.807, 2.05) is 24.6 Å². The lowest BCUT2D eigenvalue weighted by Gasteiger charge is -2.18. The van der Waals surface area contributed by atoms with Crippen LogP contribution in [0.5, 0.6) is 0 Å². The lowest BCUT2D eigenvalue weighted by Crippen LogP contribution is -2.28. The van der Waals surface area contributed by atoms with E-state index in [2.05, 4.69) is 0 Å². The Balaban J connectivity index is 2.79. The standard InChI is InChI=1S/C15H19F3N2/c1-9(2)20-8-12(14(3,4)19)11-7-10(15(16,17)18)5-6-13(11)20/h5-9H,19H2,1-4H3. The Hall–Kier alpha value is -1.49. The first-order valence-electron chi connectivity index (χ1n) is 6.53. The van der Waals surface area contributed by atoms with Crippen molar-refractivity contribution in [2.75, 3.05) is 0 Å². The molecular weight excluding hydrogens is 265 g/mol. The minimum absolute atomic E-state index is 0.158. The van der Waals surface area contributed by atoms with Gasteiger partial charge in [0.05, 0.1) is 5.56 Å². The molecule has 2 nitrogen and oxygen atoms in total. The average Bonchev–Trinajstić information content (AvgIpc) is 2.65. The molecule has 110 valence electrons. The summed E-state index contributed by atoms with van der Waals surface area (Å²) in [5.41, 5.74) is 6.28. The molecule has 0 radical (unpaired) electrons. The number of hydrogen-bond acceptors (Lipinski definition) is 1. The fraction of sp³-hybridized carbons (Fsp3) is 0.467. The summed E-state index contributed by atoms with van der Waals surface area (Å²) in [5, 5.41) is 0.570. The van der Waals surface area contributed by atoms with Crippen molar-refractivity contribution in [2.24, 2.45) is 5.73 Å². The highest BCUT2D eigenvalue weighted by atomic mass is 19.4. The molecule has 0 atom stereocenters. The van der Waals surface area contributed by atoms with Crippen molar-refractivity contribution < 1.29 is 13.2 Å². The highest BCUT2D eigenvalue weighted by Crippen LogP contribution is 2.36. The Morgan fingerprint density at radius 1 is 1.15 bits per heavy atom. The van der Waals surface area contributed by atoms with E-state index in [1.165, 1.54) is 12.1 Å². The van der Waals surface area contributed by atoms with Crippen LogP contribution in [-0.2, 0) is 11.7 Å². The number of rotatable bonds is 2. The first kappa shape index (κ1) is 14.9. The number of nitrogens with two attached hydrogens (primary N) is 1. The summed E-state index contributed by atoms with van der Waals surface area (Å²) in [5.74, 6) is 0. The van der Waals surface area contributed by atoms with E-state index in [-0.39, 0.29) is 6.04 Å². The van der Waals surface area contributed by atoms with Gasteiger partial charge < -0.3 is 10.3 Å². The number of hydrogen-bond donors (Lipinski definition) is 1. The fourth-order valence-corrected chi connectivity index (χ4v) is 2.37. The zero-order chi connectivity index (χ0) is 15.3. The van der Waals surface area contributed by atoms with Gasteiger partial charge in [0.2, 0.25) is 0 Å². The minimum atomic E-state index is -4.34. The second kappa shape index (κ2) is 4.52. The van der Waals surface area contributed by atoms with Crippen LogP contribution in [0.25, 0.3) is 10.9 Å². The van der Waals surface area contributed by atoms with Crippen molar-refractivity contribution in [1.29, 1.82) is 0 Å². The van der Waals surface area contributed by atoms with E-state index in [9.17, 15) is 13.2 Å². The molecular formula is C15H19F3N2. The summed E-state index contributed by atoms with van der Waals surface area (Å²) < 4.78 is 40.6. The fourth-order valence-electron chi connectivity index (χ4n) is 2.37. The third-order valence-corrected chi connectivity index (χ3v) is 3.41. The van der Waals surface area contributed by atoms with Crippen LogP contribution in [-0.4, -0.2) is 4.57 Å². The number of benzene rings is 1. The molecule has 0 saturated heterocycles. The molecule has 0 aliphatic rings. The van der Waals surface area contributed by atoms with Crippen LogP contribution in [0.15, 0.2) is 24.4 Å². The monoisotopic (exact) mass is 284 g/mol. The molecule has 0 bridgehead atoms. The number of halogens is 3. The van der Waals surface area contributed by atoms with Gasteiger partial charge in [-0.25, -0.2) is 0 Å². The van der Waals surface area contributed by atoms with Crippen LogP contribution in [0.3, 0.4) is 0 Å². The van der Waals surface area contributed by atoms with Crippen LogP contribution < -0.4 is 5.73 Å². The second-order valence-electron chi connectivity index (χ2n) is 6.00. The van der Waals surface area contributed by atoms with Crippen molar-refractivity contribution in [2.45, 2.75) is 45.5 Å². The summed E-state index contributed by atoms with van der Waals surface area (Å²) >= 11 is 0. The van der Waals surface area contributed by atoms with Crippen molar-refractivity contribution in [1.82, 2.24) is 4.57 Å². The smallest absolute Gasteiger partial charge is 0.345 e. The molecule has 20 heavy (non-hydrogen) atoms. The first-order valence-corrected chi connectivity index (χ1v) is 6.53. The Morgan fingerprint density at radius 2 is 1.75 bits per heavy atom. The maximum atomic E-state index is 12.9. The summed E-state index contributed by atoms with van der Waals surface area (Å²) in [6.45, 7) is 7.58. The molecule has 0 spiro atoms. The third kappa shape index (κ3) is 2.54. The van der Waals surface area contributed by atoms with Gasteiger partial charge in [-0.2, -0.15) is 13.2 Å². The maximum Gasteiger partial charge on any atom is 0.416 e. The van der Waals surface area contributed by atoms with Crippen molar-refractivity contribution >= 4 is 10.9 Å². The summed E-state index contributed by atoms with van der Waals surface area (Å²) in [6.07, 6.45) is -2.49. The van der Waals surface area contributed by atoms with Gasteiger partial charge in [0, 0.05) is 28.7 Å². The lowest BCUT2D eigenvalue weighted by atomic mass is 9.94. The van der Waals surface area contributed by atoms with Crippen LogP contribution in [0.2, 0.25) is 0 Å². The highest BCUT2D eigenvalue weighted by Gasteiger charge is 2.32. The van der Waals surface area contributed by atoms with Crippen LogP contribution >= 0.6 is 0 Å². The molecule has 0 saturated carbocycles. The Bertz CT molecular complexity index is 631. The largest absolute Gasteiger partial charge is 0.416 e. The highest BCUT2D eigenvalue weighted by molar-refractivity contribution is 5.86. The predicted molar refractivity (Wildman–Crippen MR) is 74.5 cm³/mol. The van der Waals surface area contributed by atoms with E-state index in [0.29, 0.717) is 5.39 Å². The Labute approximate surface area is 116 Å². The number of fused-ring (bicyclic) bond motifs is 1. The average molecular weight is 284 g/mol. The first-order chi connectivity index (χ1) is 9.01. The summed E-state index contributed by atoms with van der Waals surface area (Å²) in [4.78, 5) is 0. The van der Waals surface area contributed by atoms with Gasteiger partial charge in [-0.05, 0) is 51.5 Å². The van der Waals surface area contributed by atoms with E-state index >= 15 is 0 Å². The van der Waals surface area contributed by atoms with Crippen LogP contribution in [0.4, 0.5) is 13.2 Å². The SMILES string of the molecule is CC(C)n1cc(C(C)(C)N)c2cc(C(F)(F)F)ccc21. The summed E-state index contributed by atoms with van der Waals surface area (Å²) in [7, 11) is 0. The molecule has 2 rings (SSSR count). The molecule has 2 N–H and O–H groups in total. The van der Waals surface area contributed by atoms with Crippen molar-refractivity contribution in [3.8, 4) is 0 Å². The summed E-state index contributed by atoms with van der Waals surface area (Å²) in [6, 6.07) is 3.99. The third-order valence-electron chi connectivity index (χ3n) is 3.41. The van der Waals surface area contributed by atoms with Crippen LogP contribution in [0.1, 0.15) is 44.9 Å². The minimum Gasteiger partial charge on any atom is -0.345 e. The second-order valence-corrected chi connectivity index (χ2v) is 6.00. The van der Waals surface area contributed by atoms with E-state index in [1.54, 1.807) is 13.8 Å². The number of nitrogens with zero attached hydrogens (tertiary/aromatic N) is 1. The Kier molecular flexibility index (Phi) is 3.37. The molecule has 0 unspecified atom stereocenters. The zero-order valence-electron chi connectivity index (χ0n) is 12.0. The van der Waals surface area contributed by atoms with Crippen molar-refractivity contribution in [3.63, 3.8) is 0 Å². The molecule has 1 aromatic heterocycles. The molecule has 2 aromatic rings. The number of aromatic nitrogens is 1.